The van der Waals surface area contributed by atoms with Crippen molar-refractivity contribution in [2.24, 2.45) is 0 Å². The van der Waals surface area contributed by atoms with Gasteiger partial charge < -0.3 is 4.42 Å². The van der Waals surface area contributed by atoms with E-state index >= 15 is 0 Å². The van der Waals surface area contributed by atoms with Crippen molar-refractivity contribution in [2.75, 3.05) is 0 Å². The molecule has 10 aromatic carbocycles. The molecule has 0 aliphatic heterocycles. The molecule has 0 fully saturated rings. The Balaban J connectivity index is 0.941. The van der Waals surface area contributed by atoms with Gasteiger partial charge in [0.15, 0.2) is 17.5 Å². The van der Waals surface area contributed by atoms with E-state index in [1.54, 1.807) is 0 Å². The first-order valence-electron chi connectivity index (χ1n) is 20.6. The van der Waals surface area contributed by atoms with Crippen LogP contribution in [0.15, 0.2) is 217 Å². The minimum Gasteiger partial charge on any atom is -0.456 e. The first-order chi connectivity index (χ1) is 30.2. The minimum absolute atomic E-state index is 0.593. The highest BCUT2D eigenvalue weighted by molar-refractivity contribution is 6.25. The monoisotopic (exact) mass is 777 g/mol. The molecular formula is C57H35N3O. The summed E-state index contributed by atoms with van der Waals surface area (Å²) in [6.45, 7) is 0. The molecule has 0 bridgehead atoms. The molecule has 0 saturated carbocycles. The highest BCUT2D eigenvalue weighted by Gasteiger charge is 2.19. The molecule has 61 heavy (non-hydrogen) atoms. The lowest BCUT2D eigenvalue weighted by Crippen LogP contribution is -2.00. The molecule has 0 atom stereocenters. The van der Waals surface area contributed by atoms with Gasteiger partial charge in [0.25, 0.3) is 0 Å². The molecule has 284 valence electrons. The molecule has 4 heteroatoms. The second-order valence-electron chi connectivity index (χ2n) is 15.5. The summed E-state index contributed by atoms with van der Waals surface area (Å²) in [5, 5.41) is 9.66. The minimum atomic E-state index is 0.593. The number of rotatable bonds is 6. The normalized spacial score (nSPS) is 11.6. The molecule has 0 saturated heterocycles. The van der Waals surface area contributed by atoms with Crippen molar-refractivity contribution in [2.45, 2.75) is 0 Å². The van der Waals surface area contributed by atoms with Gasteiger partial charge in [-0.3, -0.25) is 0 Å². The van der Waals surface area contributed by atoms with Crippen molar-refractivity contribution in [3.05, 3.63) is 212 Å². The maximum atomic E-state index is 6.49. The number of aromatic nitrogens is 3. The molecule has 2 aromatic heterocycles. The zero-order valence-corrected chi connectivity index (χ0v) is 33.0. The highest BCUT2D eigenvalue weighted by atomic mass is 16.3. The van der Waals surface area contributed by atoms with Crippen LogP contribution in [-0.4, -0.2) is 15.0 Å². The summed E-state index contributed by atoms with van der Waals surface area (Å²) in [4.78, 5) is 15.3. The summed E-state index contributed by atoms with van der Waals surface area (Å²) in [7, 11) is 0. The fourth-order valence-corrected chi connectivity index (χ4v) is 8.92. The molecular weight excluding hydrogens is 743 g/mol. The van der Waals surface area contributed by atoms with E-state index in [-0.39, 0.29) is 0 Å². The van der Waals surface area contributed by atoms with Crippen molar-refractivity contribution in [3.8, 4) is 67.5 Å². The third kappa shape index (κ3) is 6.04. The highest BCUT2D eigenvalue weighted by Crippen LogP contribution is 2.40. The van der Waals surface area contributed by atoms with Crippen LogP contribution in [0.1, 0.15) is 0 Å². The van der Waals surface area contributed by atoms with Gasteiger partial charge in [-0.25, -0.2) is 15.0 Å². The topological polar surface area (TPSA) is 51.8 Å². The van der Waals surface area contributed by atoms with Gasteiger partial charge >= 0.3 is 0 Å². The molecule has 4 nitrogen and oxygen atoms in total. The Bertz CT molecular complexity index is 3580. The quantitative estimate of drug-likeness (QED) is 0.158. The summed E-state index contributed by atoms with van der Waals surface area (Å²) >= 11 is 0. The number of benzene rings is 10. The summed E-state index contributed by atoms with van der Waals surface area (Å²) in [6.07, 6.45) is 0. The maximum absolute atomic E-state index is 6.49. The maximum Gasteiger partial charge on any atom is 0.164 e. The van der Waals surface area contributed by atoms with Gasteiger partial charge in [-0.1, -0.05) is 188 Å². The van der Waals surface area contributed by atoms with Crippen LogP contribution in [0, 0.1) is 0 Å². The number of nitrogens with zero attached hydrogens (tertiary/aromatic N) is 3. The number of hydrogen-bond donors (Lipinski definition) is 0. The third-order valence-electron chi connectivity index (χ3n) is 11.9. The van der Waals surface area contributed by atoms with Gasteiger partial charge in [0.1, 0.15) is 11.2 Å². The largest absolute Gasteiger partial charge is 0.456 e. The van der Waals surface area contributed by atoms with E-state index in [9.17, 15) is 0 Å². The molecule has 2 heterocycles. The second-order valence-corrected chi connectivity index (χ2v) is 15.5. The van der Waals surface area contributed by atoms with Crippen LogP contribution in [0.2, 0.25) is 0 Å². The van der Waals surface area contributed by atoms with Gasteiger partial charge in [0, 0.05) is 27.5 Å². The fourth-order valence-electron chi connectivity index (χ4n) is 8.92. The van der Waals surface area contributed by atoms with Crippen molar-refractivity contribution in [1.82, 2.24) is 15.0 Å². The van der Waals surface area contributed by atoms with Gasteiger partial charge in [-0.05, 0) is 90.0 Å². The van der Waals surface area contributed by atoms with Crippen LogP contribution in [0.4, 0.5) is 0 Å². The smallest absolute Gasteiger partial charge is 0.164 e. The fraction of sp³-hybridized carbons (Fsp3) is 0. The lowest BCUT2D eigenvalue weighted by Gasteiger charge is -2.12. The Morgan fingerprint density at radius 2 is 0.656 bits per heavy atom. The summed E-state index contributed by atoms with van der Waals surface area (Å²) in [5.74, 6) is 1.82. The predicted molar refractivity (Wildman–Crippen MR) is 252 cm³/mol. The van der Waals surface area contributed by atoms with E-state index in [1.165, 1.54) is 43.4 Å². The molecule has 0 radical (unpaired) electrons. The van der Waals surface area contributed by atoms with Crippen LogP contribution < -0.4 is 0 Å². The van der Waals surface area contributed by atoms with Gasteiger partial charge in [0.2, 0.25) is 0 Å². The standard InChI is InChI=1S/C57H35N3O/c1-3-12-36(13-4-1)37-26-28-41(29-27-37)56-58-55(40-14-5-2-6-15-40)59-57(60-56)49-20-11-21-53-54(49)51-35-43(31-33-52(51)61-53)39-24-22-38(23-25-39)42-30-32-48-46-18-8-7-16-44(46)45-17-9-10-19-47(45)50(48)34-42/h1-35H. The van der Waals surface area contributed by atoms with Crippen LogP contribution >= 0.6 is 0 Å². The first-order valence-corrected chi connectivity index (χ1v) is 20.6. The Hall–Kier alpha value is -8.21. The first kappa shape index (κ1) is 34.8. The molecule has 0 unspecified atom stereocenters. The van der Waals surface area contributed by atoms with Crippen molar-refractivity contribution < 1.29 is 4.42 Å². The Labute approximate surface area is 352 Å². The third-order valence-corrected chi connectivity index (χ3v) is 11.9. The molecule has 0 N–H and O–H groups in total. The summed E-state index contributed by atoms with van der Waals surface area (Å²) in [5.41, 5.74) is 11.2. The number of furan rings is 1. The van der Waals surface area contributed by atoms with Crippen LogP contribution in [0.5, 0.6) is 0 Å². The summed E-state index contributed by atoms with van der Waals surface area (Å²) < 4.78 is 6.49. The predicted octanol–water partition coefficient (Wildman–Crippen LogP) is 15.2. The second kappa shape index (κ2) is 14.3. The van der Waals surface area contributed by atoms with Gasteiger partial charge in [0.05, 0.1) is 0 Å². The Morgan fingerprint density at radius 3 is 1.26 bits per heavy atom. The Morgan fingerprint density at radius 1 is 0.246 bits per heavy atom. The van der Waals surface area contributed by atoms with Crippen molar-refractivity contribution in [1.29, 1.82) is 0 Å². The van der Waals surface area contributed by atoms with E-state index in [0.29, 0.717) is 17.5 Å². The zero-order chi connectivity index (χ0) is 40.3. The Kier molecular flexibility index (Phi) is 8.13. The number of hydrogen-bond acceptors (Lipinski definition) is 4. The molecule has 0 aliphatic carbocycles. The molecule has 0 spiro atoms. The van der Waals surface area contributed by atoms with E-state index in [0.717, 1.165) is 60.9 Å². The van der Waals surface area contributed by atoms with E-state index in [4.69, 9.17) is 19.4 Å². The van der Waals surface area contributed by atoms with E-state index in [1.807, 2.05) is 48.5 Å². The lowest BCUT2D eigenvalue weighted by molar-refractivity contribution is 0.669. The van der Waals surface area contributed by atoms with Crippen molar-refractivity contribution in [3.63, 3.8) is 0 Å². The van der Waals surface area contributed by atoms with Crippen LogP contribution in [-0.2, 0) is 0 Å². The van der Waals surface area contributed by atoms with Crippen LogP contribution in [0.25, 0.3) is 122 Å². The average Bonchev–Trinajstić information content (AvgIpc) is 3.73. The molecule has 12 aromatic rings. The summed E-state index contributed by atoms with van der Waals surface area (Å²) in [6, 6.07) is 74.7. The molecule has 0 amide bonds. The number of fused-ring (bicyclic) bond motifs is 9. The van der Waals surface area contributed by atoms with Crippen molar-refractivity contribution >= 4 is 54.3 Å². The average molecular weight is 778 g/mol. The SMILES string of the molecule is c1ccc(-c2ccc(-c3nc(-c4ccccc4)nc(-c4cccc5oc6ccc(-c7ccc(-c8ccc9c%10ccccc%10c%10ccccc%10c9c8)cc7)cc6c45)n3)cc2)cc1. The molecule has 0 aliphatic rings. The van der Waals surface area contributed by atoms with Gasteiger partial charge in [-0.15, -0.1) is 0 Å². The zero-order valence-electron chi connectivity index (χ0n) is 33.0. The van der Waals surface area contributed by atoms with E-state index < -0.39 is 0 Å². The van der Waals surface area contributed by atoms with Gasteiger partial charge in [-0.2, -0.15) is 0 Å². The van der Waals surface area contributed by atoms with E-state index in [2.05, 4.69) is 164 Å². The van der Waals surface area contributed by atoms with Crippen LogP contribution in [0.3, 0.4) is 0 Å². The molecule has 12 rings (SSSR count). The lowest BCUT2D eigenvalue weighted by atomic mass is 9.91.